The van der Waals surface area contributed by atoms with E-state index in [1.807, 2.05) is 24.3 Å². The molecule has 142 valence electrons. The van der Waals surface area contributed by atoms with Gasteiger partial charge in [0.2, 0.25) is 0 Å². The first kappa shape index (κ1) is 20.0. The number of hydrogen-bond donors (Lipinski definition) is 2. The molecule has 7 heteroatoms. The molecule has 27 heavy (non-hydrogen) atoms. The van der Waals surface area contributed by atoms with Gasteiger partial charge in [-0.15, -0.1) is 0 Å². The smallest absolute Gasteiger partial charge is 0.329 e. The molecule has 0 atom stereocenters. The number of benzene rings is 2. The topological polar surface area (TPSA) is 89.0 Å². The van der Waals surface area contributed by atoms with Gasteiger partial charge in [0.1, 0.15) is 11.5 Å². The molecule has 2 amide bonds. The monoisotopic (exact) mass is 369 g/mol. The van der Waals surface area contributed by atoms with E-state index in [-0.39, 0.29) is 0 Å². The van der Waals surface area contributed by atoms with Crippen LogP contribution in [0, 0.1) is 0 Å². The summed E-state index contributed by atoms with van der Waals surface area (Å²) in [6, 6.07) is 14.1. The molecule has 0 unspecified atom stereocenters. The fraction of sp³-hybridized carbons (Fsp3) is 0.250. The summed E-state index contributed by atoms with van der Waals surface area (Å²) in [4.78, 5) is 23.8. The van der Waals surface area contributed by atoms with E-state index in [1.165, 1.54) is 13.3 Å². The van der Waals surface area contributed by atoms with Crippen LogP contribution in [0.2, 0.25) is 0 Å². The van der Waals surface area contributed by atoms with Gasteiger partial charge in [-0.05, 0) is 48.4 Å². The maximum Gasteiger partial charge on any atom is 0.329 e. The highest BCUT2D eigenvalue weighted by Crippen LogP contribution is 2.22. The van der Waals surface area contributed by atoms with Crippen molar-refractivity contribution in [2.45, 2.75) is 19.8 Å². The standard InChI is InChI=1S/C20H23N3O4/c1-3-4-13-27-16-11-9-15(10-12-16)14-21-23-20(25)19(24)22-17-7-5-6-8-18(17)26-2/h5-12,14H,3-4,13H2,1-2H3,(H,22,24)(H,23,25)/b21-14-. The maximum absolute atomic E-state index is 11.9. The molecule has 0 fully saturated rings. The van der Waals surface area contributed by atoms with E-state index < -0.39 is 11.8 Å². The molecule has 0 aromatic heterocycles. The number of para-hydroxylation sites is 2. The van der Waals surface area contributed by atoms with Gasteiger partial charge < -0.3 is 14.8 Å². The summed E-state index contributed by atoms with van der Waals surface area (Å²) < 4.78 is 10.7. The molecule has 0 saturated carbocycles. The third-order valence-electron chi connectivity index (χ3n) is 3.59. The van der Waals surface area contributed by atoms with E-state index in [4.69, 9.17) is 9.47 Å². The van der Waals surface area contributed by atoms with Crippen molar-refractivity contribution in [2.75, 3.05) is 19.0 Å². The Kier molecular flexibility index (Phi) is 7.84. The number of hydrazone groups is 1. The van der Waals surface area contributed by atoms with Gasteiger partial charge in [-0.3, -0.25) is 9.59 Å². The summed E-state index contributed by atoms with van der Waals surface area (Å²) in [5.41, 5.74) is 3.36. The van der Waals surface area contributed by atoms with Crippen LogP contribution in [-0.4, -0.2) is 31.7 Å². The first-order valence-corrected chi connectivity index (χ1v) is 8.64. The van der Waals surface area contributed by atoms with Crippen molar-refractivity contribution < 1.29 is 19.1 Å². The number of hydrogen-bond acceptors (Lipinski definition) is 5. The lowest BCUT2D eigenvalue weighted by molar-refractivity contribution is -0.136. The molecule has 0 heterocycles. The molecule has 7 nitrogen and oxygen atoms in total. The summed E-state index contributed by atoms with van der Waals surface area (Å²) in [6.07, 6.45) is 3.53. The SMILES string of the molecule is CCCCOc1ccc(/C=N\NC(=O)C(=O)Nc2ccccc2OC)cc1. The van der Waals surface area contributed by atoms with Gasteiger partial charge in [-0.1, -0.05) is 25.5 Å². The summed E-state index contributed by atoms with van der Waals surface area (Å²) in [6.45, 7) is 2.79. The van der Waals surface area contributed by atoms with E-state index in [0.717, 1.165) is 24.2 Å². The Labute approximate surface area is 158 Å². The van der Waals surface area contributed by atoms with Gasteiger partial charge in [0.25, 0.3) is 0 Å². The van der Waals surface area contributed by atoms with E-state index in [0.29, 0.717) is 18.0 Å². The number of carbonyl (C=O) groups is 2. The summed E-state index contributed by atoms with van der Waals surface area (Å²) in [5, 5.41) is 6.27. The lowest BCUT2D eigenvalue weighted by atomic mass is 10.2. The van der Waals surface area contributed by atoms with Gasteiger partial charge in [-0.25, -0.2) is 5.43 Å². The molecule has 0 aliphatic carbocycles. The third kappa shape index (κ3) is 6.47. The fourth-order valence-electron chi connectivity index (χ4n) is 2.13. The van der Waals surface area contributed by atoms with Crippen molar-refractivity contribution >= 4 is 23.7 Å². The number of nitrogens with one attached hydrogen (secondary N) is 2. The van der Waals surface area contributed by atoms with Crippen LogP contribution in [0.1, 0.15) is 25.3 Å². The highest BCUT2D eigenvalue weighted by atomic mass is 16.5. The Morgan fingerprint density at radius 3 is 2.52 bits per heavy atom. The number of rotatable bonds is 8. The van der Waals surface area contributed by atoms with Gasteiger partial charge >= 0.3 is 11.8 Å². The van der Waals surface area contributed by atoms with Crippen LogP contribution < -0.4 is 20.2 Å². The molecule has 2 aromatic carbocycles. The number of ether oxygens (including phenoxy) is 2. The Balaban J connectivity index is 1.84. The average molecular weight is 369 g/mol. The normalized spacial score (nSPS) is 10.4. The second-order valence-corrected chi connectivity index (χ2v) is 5.62. The minimum absolute atomic E-state index is 0.405. The molecule has 0 spiro atoms. The Hall–Kier alpha value is -3.35. The highest BCUT2D eigenvalue weighted by molar-refractivity contribution is 6.39. The van der Waals surface area contributed by atoms with E-state index in [1.54, 1.807) is 24.3 Å². The zero-order valence-electron chi connectivity index (χ0n) is 15.4. The number of anilines is 1. The van der Waals surface area contributed by atoms with Crippen molar-refractivity contribution in [1.29, 1.82) is 0 Å². The van der Waals surface area contributed by atoms with Crippen LogP contribution in [0.4, 0.5) is 5.69 Å². The van der Waals surface area contributed by atoms with E-state index in [2.05, 4.69) is 22.8 Å². The first-order chi connectivity index (χ1) is 13.1. The second kappa shape index (κ2) is 10.6. The minimum Gasteiger partial charge on any atom is -0.495 e. The molecule has 2 aromatic rings. The molecule has 0 radical (unpaired) electrons. The number of nitrogens with zero attached hydrogens (tertiary/aromatic N) is 1. The lowest BCUT2D eigenvalue weighted by Gasteiger charge is -2.08. The largest absolute Gasteiger partial charge is 0.495 e. The summed E-state index contributed by atoms with van der Waals surface area (Å²) in [5.74, 6) is -0.475. The van der Waals surface area contributed by atoms with Gasteiger partial charge in [0, 0.05) is 0 Å². The van der Waals surface area contributed by atoms with Crippen LogP contribution in [0.3, 0.4) is 0 Å². The molecule has 0 bridgehead atoms. The predicted molar refractivity (Wildman–Crippen MR) is 104 cm³/mol. The summed E-state index contributed by atoms with van der Waals surface area (Å²) in [7, 11) is 1.48. The van der Waals surface area contributed by atoms with Crippen LogP contribution >= 0.6 is 0 Å². The quantitative estimate of drug-likeness (QED) is 0.324. The Bertz CT molecular complexity index is 788. The molecule has 0 saturated heterocycles. The van der Waals surface area contributed by atoms with Gasteiger partial charge in [-0.2, -0.15) is 5.10 Å². The van der Waals surface area contributed by atoms with Crippen molar-refractivity contribution in [3.63, 3.8) is 0 Å². The van der Waals surface area contributed by atoms with Gasteiger partial charge in [0.15, 0.2) is 0 Å². The third-order valence-corrected chi connectivity index (χ3v) is 3.59. The van der Waals surface area contributed by atoms with Crippen molar-refractivity contribution in [1.82, 2.24) is 5.43 Å². The van der Waals surface area contributed by atoms with Crippen LogP contribution in [0.5, 0.6) is 11.5 Å². The average Bonchev–Trinajstić information content (AvgIpc) is 2.69. The second-order valence-electron chi connectivity index (χ2n) is 5.62. The Morgan fingerprint density at radius 1 is 1.07 bits per heavy atom. The van der Waals surface area contributed by atoms with E-state index in [9.17, 15) is 9.59 Å². The van der Waals surface area contributed by atoms with Crippen molar-refractivity contribution in [2.24, 2.45) is 5.10 Å². The zero-order valence-corrected chi connectivity index (χ0v) is 15.4. The lowest BCUT2D eigenvalue weighted by Crippen LogP contribution is -2.32. The predicted octanol–water partition coefficient (Wildman–Crippen LogP) is 2.96. The number of unbranched alkanes of at least 4 members (excludes halogenated alkanes) is 1. The molecular weight excluding hydrogens is 346 g/mol. The van der Waals surface area contributed by atoms with Crippen molar-refractivity contribution in [3.05, 3.63) is 54.1 Å². The maximum atomic E-state index is 11.9. The molecule has 2 N–H and O–H groups in total. The zero-order chi connectivity index (χ0) is 19.5. The number of carbonyl (C=O) groups excluding carboxylic acids is 2. The fourth-order valence-corrected chi connectivity index (χ4v) is 2.13. The molecular formula is C20H23N3O4. The molecule has 0 aliphatic heterocycles. The summed E-state index contributed by atoms with van der Waals surface area (Å²) >= 11 is 0. The van der Waals surface area contributed by atoms with E-state index >= 15 is 0 Å². The van der Waals surface area contributed by atoms with Crippen LogP contribution in [-0.2, 0) is 9.59 Å². The highest BCUT2D eigenvalue weighted by Gasteiger charge is 2.14. The molecule has 0 aliphatic rings. The first-order valence-electron chi connectivity index (χ1n) is 8.64. The van der Waals surface area contributed by atoms with Crippen LogP contribution in [0.25, 0.3) is 0 Å². The van der Waals surface area contributed by atoms with Crippen LogP contribution in [0.15, 0.2) is 53.6 Å². The van der Waals surface area contributed by atoms with Gasteiger partial charge in [0.05, 0.1) is 25.6 Å². The molecule has 2 rings (SSSR count). The Morgan fingerprint density at radius 2 is 1.81 bits per heavy atom. The number of methoxy groups -OCH3 is 1. The van der Waals surface area contributed by atoms with Crippen molar-refractivity contribution in [3.8, 4) is 11.5 Å². The minimum atomic E-state index is -0.878. The number of amides is 2.